The van der Waals surface area contributed by atoms with Crippen LogP contribution in [0.5, 0.6) is 5.75 Å². The number of carbonyl (C=O) groups excluding carboxylic acids is 3. The Labute approximate surface area is 218 Å². The largest absolute Gasteiger partial charge is 1.00 e. The number of fused-ring (bicyclic) bond motifs is 4. The Morgan fingerprint density at radius 2 is 1.82 bits per heavy atom. The number of aliphatic carboxylic acids is 1. The Kier molecular flexibility index (Phi) is 6.45. The van der Waals surface area contributed by atoms with Gasteiger partial charge in [-0.3, -0.25) is 9.59 Å². The van der Waals surface area contributed by atoms with Gasteiger partial charge in [0.25, 0.3) is 0 Å². The van der Waals surface area contributed by atoms with E-state index in [9.17, 15) is 24.6 Å². The predicted octanol–water partition coefficient (Wildman–Crippen LogP) is -1.85. The van der Waals surface area contributed by atoms with Gasteiger partial charge in [0.2, 0.25) is 5.91 Å². The van der Waals surface area contributed by atoms with E-state index in [-0.39, 0.29) is 53.6 Å². The fourth-order valence-electron chi connectivity index (χ4n) is 5.12. The number of hydrogen-bond acceptors (Lipinski definition) is 6. The van der Waals surface area contributed by atoms with Crippen molar-refractivity contribution < 1.29 is 58.9 Å². The zero-order valence-electron chi connectivity index (χ0n) is 19.0. The number of aliphatic hydroxyl groups excluding tert-OH is 1. The molecule has 1 saturated heterocycles. The molecule has 166 valence electrons. The summed E-state index contributed by atoms with van der Waals surface area (Å²) in [5, 5.41) is 21.7. The molecule has 1 N–H and O–H groups in total. The van der Waals surface area contributed by atoms with Crippen molar-refractivity contribution in [2.75, 3.05) is 6.61 Å². The van der Waals surface area contributed by atoms with Crippen LogP contribution in [0.2, 0.25) is 0 Å². The maximum Gasteiger partial charge on any atom is 1.00 e. The molecule has 2 heterocycles. The molecule has 34 heavy (non-hydrogen) atoms. The summed E-state index contributed by atoms with van der Waals surface area (Å²) in [6, 6.07) is 12.1. The molecule has 8 heteroatoms. The molecule has 2 aromatic rings. The Hall–Kier alpha value is -2.89. The third-order valence-corrected chi connectivity index (χ3v) is 6.60. The molecule has 2 aromatic carbocycles. The molecule has 1 aliphatic carbocycles. The van der Waals surface area contributed by atoms with E-state index in [0.717, 1.165) is 11.1 Å². The number of carbonyl (C=O) groups is 3. The molecule has 4 atom stereocenters. The quantitative estimate of drug-likeness (QED) is 0.275. The Morgan fingerprint density at radius 3 is 2.50 bits per heavy atom. The minimum absolute atomic E-state index is 0. The summed E-state index contributed by atoms with van der Waals surface area (Å²) in [5.74, 6) is 3.24. The summed E-state index contributed by atoms with van der Waals surface area (Å²) in [5.41, 5.74) is 2.78. The van der Waals surface area contributed by atoms with Crippen LogP contribution in [0.25, 0.3) is 11.1 Å². The first-order valence-corrected chi connectivity index (χ1v) is 10.7. The predicted molar refractivity (Wildman–Crippen MR) is 116 cm³/mol. The number of β-lactam (4-membered cyclic amide) rings is 1. The summed E-state index contributed by atoms with van der Waals surface area (Å²) >= 11 is 0. The number of amides is 1. The van der Waals surface area contributed by atoms with E-state index >= 15 is 0 Å². The molecule has 1 amide bonds. The topological polar surface area (TPSA) is 107 Å². The zero-order valence-corrected chi connectivity index (χ0v) is 21.0. The van der Waals surface area contributed by atoms with Crippen molar-refractivity contribution >= 4 is 17.7 Å². The maximum absolute atomic E-state index is 12.6. The van der Waals surface area contributed by atoms with Crippen LogP contribution in [0, 0.1) is 23.7 Å². The number of nitrogens with zero attached hydrogens (tertiary/aromatic N) is 1. The van der Waals surface area contributed by atoms with E-state index in [1.54, 1.807) is 31.2 Å². The summed E-state index contributed by atoms with van der Waals surface area (Å²) in [6.45, 7) is 3.26. The minimum Gasteiger partial charge on any atom is -0.543 e. The van der Waals surface area contributed by atoms with E-state index in [1.807, 2.05) is 18.2 Å². The fourth-order valence-corrected chi connectivity index (χ4v) is 5.12. The van der Waals surface area contributed by atoms with Crippen molar-refractivity contribution in [1.29, 1.82) is 0 Å². The number of hydrogen-bond donors (Lipinski definition) is 1. The number of benzene rings is 2. The number of rotatable bonds is 4. The van der Waals surface area contributed by atoms with Gasteiger partial charge in [-0.05, 0) is 18.6 Å². The number of carboxylic acid groups (broad SMARTS) is 1. The van der Waals surface area contributed by atoms with Crippen LogP contribution < -0.4 is 39.4 Å². The number of aliphatic hydroxyl groups is 1. The van der Waals surface area contributed by atoms with Gasteiger partial charge >= 0.3 is 29.6 Å². The van der Waals surface area contributed by atoms with Crippen molar-refractivity contribution in [3.8, 4) is 28.7 Å². The van der Waals surface area contributed by atoms with Crippen LogP contribution in [0.1, 0.15) is 29.8 Å². The minimum atomic E-state index is -1.47. The summed E-state index contributed by atoms with van der Waals surface area (Å²) in [4.78, 5) is 37.9. The summed E-state index contributed by atoms with van der Waals surface area (Å²) in [6.07, 6.45) is -0.884. The molecule has 5 rings (SSSR count). The van der Waals surface area contributed by atoms with Gasteiger partial charge in [-0.15, -0.1) is 0 Å². The average Bonchev–Trinajstić information content (AvgIpc) is 3.21. The number of ether oxygens (including phenoxy) is 1. The molecule has 7 nitrogen and oxygen atoms in total. The van der Waals surface area contributed by atoms with Gasteiger partial charge in [0.15, 0.2) is 5.78 Å². The normalized spacial score (nSPS) is 22.6. The third-order valence-electron chi connectivity index (χ3n) is 6.60. The Morgan fingerprint density at radius 1 is 1.15 bits per heavy atom. The molecular weight excluding hydrogens is 445 g/mol. The van der Waals surface area contributed by atoms with Gasteiger partial charge in [0.05, 0.1) is 29.7 Å². The van der Waals surface area contributed by atoms with E-state index < -0.39 is 29.9 Å². The van der Waals surface area contributed by atoms with Gasteiger partial charge in [-0.25, -0.2) is 0 Å². The summed E-state index contributed by atoms with van der Waals surface area (Å²) < 4.78 is 5.86. The number of carboxylic acids is 1. The van der Waals surface area contributed by atoms with Gasteiger partial charge in [0, 0.05) is 28.2 Å². The number of ketones is 1. The van der Waals surface area contributed by atoms with Crippen molar-refractivity contribution in [2.45, 2.75) is 26.0 Å². The zero-order chi connectivity index (χ0) is 23.4. The standard InChI is InChI=1S/C26H21NO6.Na/c1-13-15(23(26(31)32)27-22(13)20(14(2)28)25(27)30)10-6-12-33-19-11-5-9-18-21(19)16-7-3-4-8-17(16)24(18)29;/h3-5,7-9,11,13-14,20,22,28H,12H2,1-2H3,(H,31,32);/q;+1/p-1/t13-,14+,20+,22+;/m0./s1. The van der Waals surface area contributed by atoms with Gasteiger partial charge < -0.3 is 24.6 Å². The van der Waals surface area contributed by atoms with E-state index in [0.29, 0.717) is 22.4 Å². The summed E-state index contributed by atoms with van der Waals surface area (Å²) in [7, 11) is 0. The molecule has 2 aliphatic heterocycles. The van der Waals surface area contributed by atoms with E-state index in [2.05, 4.69) is 11.8 Å². The first-order valence-electron chi connectivity index (χ1n) is 10.7. The van der Waals surface area contributed by atoms with E-state index in [4.69, 9.17) is 4.74 Å². The van der Waals surface area contributed by atoms with Crippen LogP contribution in [0.3, 0.4) is 0 Å². The smallest absolute Gasteiger partial charge is 0.543 e. The van der Waals surface area contributed by atoms with Gasteiger partial charge in [-0.1, -0.05) is 55.2 Å². The molecular formula is C26H20NNaO6. The second kappa shape index (κ2) is 9.05. The van der Waals surface area contributed by atoms with Crippen LogP contribution in [0.15, 0.2) is 53.7 Å². The van der Waals surface area contributed by atoms with Crippen LogP contribution in [-0.4, -0.2) is 46.4 Å². The average molecular weight is 465 g/mol. The Bertz CT molecular complexity index is 1320. The van der Waals surface area contributed by atoms with Crippen LogP contribution >= 0.6 is 0 Å². The van der Waals surface area contributed by atoms with E-state index in [1.165, 1.54) is 11.8 Å². The van der Waals surface area contributed by atoms with Gasteiger partial charge in [-0.2, -0.15) is 0 Å². The molecule has 0 bridgehead atoms. The molecule has 0 radical (unpaired) electrons. The third kappa shape index (κ3) is 3.50. The molecule has 0 aromatic heterocycles. The molecule has 0 spiro atoms. The van der Waals surface area contributed by atoms with Crippen molar-refractivity contribution in [1.82, 2.24) is 4.90 Å². The maximum atomic E-state index is 12.6. The SMILES string of the molecule is C[C@@H](O)[C@H]1C(=O)N2C(C(=O)[O-])=C(C#CCOc3cccc4c3-c3ccccc3C4=O)[C@H](C)[C@H]12.[Na+]. The molecule has 1 fully saturated rings. The monoisotopic (exact) mass is 465 g/mol. The van der Waals surface area contributed by atoms with Gasteiger partial charge in [0.1, 0.15) is 12.4 Å². The van der Waals surface area contributed by atoms with Crippen molar-refractivity contribution in [3.63, 3.8) is 0 Å². The first kappa shape index (κ1) is 24.2. The Balaban J connectivity index is 0.00000274. The fraction of sp³-hybridized carbons (Fsp3) is 0.269. The molecule has 0 unspecified atom stereocenters. The second-order valence-electron chi connectivity index (χ2n) is 8.45. The second-order valence-corrected chi connectivity index (χ2v) is 8.45. The molecule has 3 aliphatic rings. The molecule has 0 saturated carbocycles. The van der Waals surface area contributed by atoms with Crippen LogP contribution in [-0.2, 0) is 9.59 Å². The van der Waals surface area contributed by atoms with Crippen molar-refractivity contribution in [2.24, 2.45) is 11.8 Å². The van der Waals surface area contributed by atoms with Crippen LogP contribution in [0.4, 0.5) is 0 Å². The first-order chi connectivity index (χ1) is 15.8. The van der Waals surface area contributed by atoms with Crippen molar-refractivity contribution in [3.05, 3.63) is 64.9 Å².